The van der Waals surface area contributed by atoms with Gasteiger partial charge in [0.2, 0.25) is 0 Å². The van der Waals surface area contributed by atoms with E-state index in [9.17, 15) is 0 Å². The molecule has 2 heteroatoms. The van der Waals surface area contributed by atoms with Crippen molar-refractivity contribution in [2.75, 3.05) is 0 Å². The van der Waals surface area contributed by atoms with E-state index >= 15 is 0 Å². The van der Waals surface area contributed by atoms with Crippen LogP contribution < -0.4 is 0 Å². The molecule has 0 aliphatic rings. The van der Waals surface area contributed by atoms with E-state index in [0.29, 0.717) is 0 Å². The summed E-state index contributed by atoms with van der Waals surface area (Å²) in [7, 11) is 2.12. The Kier molecular flexibility index (Phi) is 3.43. The van der Waals surface area contributed by atoms with Crippen molar-refractivity contribution in [3.8, 4) is 0 Å². The molecule has 60 valence electrons. The van der Waals surface area contributed by atoms with E-state index in [-0.39, 0.29) is 0 Å². The zero-order valence-corrected chi connectivity index (χ0v) is 12.0. The van der Waals surface area contributed by atoms with Gasteiger partial charge in [-0.25, -0.2) is 0 Å². The Morgan fingerprint density at radius 1 is 1.00 bits per heavy atom. The van der Waals surface area contributed by atoms with Crippen molar-refractivity contribution in [1.29, 1.82) is 0 Å². The molecule has 0 unspecified atom stereocenters. The van der Waals surface area contributed by atoms with Gasteiger partial charge in [-0.2, -0.15) is 0 Å². The van der Waals surface area contributed by atoms with Crippen LogP contribution in [0.2, 0.25) is 13.4 Å². The molecule has 0 heterocycles. The molecule has 0 atom stereocenters. The van der Waals surface area contributed by atoms with Gasteiger partial charge in [0.05, 0.1) is 0 Å². The summed E-state index contributed by atoms with van der Waals surface area (Å²) >= 11 is -1.76. The number of hydrogen-bond acceptors (Lipinski definition) is 1. The van der Waals surface area contributed by atoms with E-state index < -0.39 is 19.7 Å². The van der Waals surface area contributed by atoms with Crippen molar-refractivity contribution in [2.45, 2.75) is 18.3 Å². The van der Waals surface area contributed by atoms with Crippen molar-refractivity contribution < 1.29 is 0 Å². The molecule has 0 N–H and O–H groups in total. The molecule has 0 aliphatic heterocycles. The Hall–Kier alpha value is 0.492. The first-order valence-electron chi connectivity index (χ1n) is 3.82. The van der Waals surface area contributed by atoms with Crippen LogP contribution in [0.1, 0.15) is 0 Å². The van der Waals surface area contributed by atoms with Crippen LogP contribution in [0.3, 0.4) is 0 Å². The average molecular weight is 361 g/mol. The van der Waals surface area contributed by atoms with Gasteiger partial charge in [-0.05, 0) is 0 Å². The van der Waals surface area contributed by atoms with Gasteiger partial charge in [0.1, 0.15) is 0 Å². The van der Waals surface area contributed by atoms with Crippen LogP contribution >= 0.6 is 8.31 Å². The van der Waals surface area contributed by atoms with Crippen molar-refractivity contribution >= 4 is 28.0 Å². The summed E-state index contributed by atoms with van der Waals surface area (Å²) in [6.07, 6.45) is 0. The minimum absolute atomic E-state index is 1.45. The molecule has 0 spiro atoms. The van der Waals surface area contributed by atoms with Crippen LogP contribution in [0.25, 0.3) is 0 Å². The Labute approximate surface area is 76.2 Å². The molecule has 0 saturated carbocycles. The van der Waals surface area contributed by atoms with Crippen LogP contribution in [0.15, 0.2) is 35.2 Å². The van der Waals surface area contributed by atoms with Crippen molar-refractivity contribution in [3.05, 3.63) is 30.3 Å². The van der Waals surface area contributed by atoms with Crippen LogP contribution in [0.4, 0.5) is 0 Å². The van der Waals surface area contributed by atoms with E-state index in [0.717, 1.165) is 0 Å². The van der Waals surface area contributed by atoms with Gasteiger partial charge in [0, 0.05) is 0 Å². The topological polar surface area (TPSA) is 0 Å². The van der Waals surface area contributed by atoms with Crippen LogP contribution in [0, 0.1) is 0 Å². The molecule has 11 heavy (non-hydrogen) atoms. The summed E-state index contributed by atoms with van der Waals surface area (Å²) in [6.45, 7) is 0. The normalized spacial score (nSPS) is 11.5. The molecule has 1 aromatic carbocycles. The maximum atomic E-state index is 2.45. The monoisotopic (exact) mass is 362 g/mol. The Balaban J connectivity index is 2.66. The first kappa shape index (κ1) is 9.58. The molecule has 0 saturated heterocycles. The second-order valence-electron chi connectivity index (χ2n) is 3.53. The summed E-state index contributed by atoms with van der Waals surface area (Å²) in [5, 5.41) is 0. The predicted octanol–water partition coefficient (Wildman–Crippen LogP) is 3.61. The Bertz CT molecular complexity index is 213. The molecule has 0 amide bonds. The first-order valence-corrected chi connectivity index (χ1v) is 21.1. The second kappa shape index (κ2) is 3.94. The number of rotatable bonds is 2. The van der Waals surface area contributed by atoms with Crippen molar-refractivity contribution in [2.24, 2.45) is 0 Å². The molecule has 0 bridgehead atoms. The van der Waals surface area contributed by atoms with Gasteiger partial charge in [-0.3, -0.25) is 0 Å². The van der Waals surface area contributed by atoms with E-state index in [1.807, 2.05) is 0 Å². The fourth-order valence-electron chi connectivity index (χ4n) is 0.842. The molecule has 0 fully saturated rings. The first-order chi connectivity index (χ1) is 5.08. The molecular formula is C9H14PbS. The predicted molar refractivity (Wildman–Crippen MR) is 55.6 cm³/mol. The van der Waals surface area contributed by atoms with Crippen LogP contribution in [-0.2, 0) is 0 Å². The van der Waals surface area contributed by atoms with E-state index in [2.05, 4.69) is 52.1 Å². The van der Waals surface area contributed by atoms with Crippen LogP contribution in [-0.4, -0.2) is 19.7 Å². The van der Waals surface area contributed by atoms with E-state index in [1.165, 1.54) is 4.90 Å². The molecule has 0 radical (unpaired) electrons. The average Bonchev–Trinajstić information content (AvgIpc) is 1.85. The van der Waals surface area contributed by atoms with Crippen LogP contribution in [0.5, 0.6) is 0 Å². The minimum atomic E-state index is -1.76. The quantitative estimate of drug-likeness (QED) is 0.725. The van der Waals surface area contributed by atoms with E-state index in [4.69, 9.17) is 0 Å². The maximum absolute atomic E-state index is 2.45. The number of benzene rings is 1. The summed E-state index contributed by atoms with van der Waals surface area (Å²) in [5.74, 6) is 0. The molecule has 0 aromatic heterocycles. The fourth-order valence-corrected chi connectivity index (χ4v) is 11.7. The Morgan fingerprint density at radius 2 is 1.55 bits per heavy atom. The zero-order valence-electron chi connectivity index (χ0n) is 7.29. The van der Waals surface area contributed by atoms with Crippen molar-refractivity contribution in [3.63, 3.8) is 0 Å². The van der Waals surface area contributed by atoms with Gasteiger partial charge >= 0.3 is 76.7 Å². The van der Waals surface area contributed by atoms with Gasteiger partial charge < -0.3 is 0 Å². The third-order valence-corrected chi connectivity index (χ3v) is 12.2. The summed E-state index contributed by atoms with van der Waals surface area (Å²) < 4.78 is 7.35. The third-order valence-electron chi connectivity index (χ3n) is 1.17. The standard InChI is InChI=1S/C6H6S.3CH3.Pb/c7-6-4-2-1-3-5-6;;;;/h1-5,7H;3*1H3;/q;;;;+1/p-1. The summed E-state index contributed by atoms with van der Waals surface area (Å²) in [5.41, 5.74) is 0. The molecule has 1 aromatic rings. The fraction of sp³-hybridized carbons (Fsp3) is 0.333. The number of hydrogen-bond donors (Lipinski definition) is 0. The van der Waals surface area contributed by atoms with Crippen molar-refractivity contribution in [1.82, 2.24) is 0 Å². The summed E-state index contributed by atoms with van der Waals surface area (Å²) in [4.78, 5) is 1.45. The zero-order chi connectivity index (χ0) is 8.32. The van der Waals surface area contributed by atoms with Gasteiger partial charge in [-0.15, -0.1) is 0 Å². The van der Waals surface area contributed by atoms with Gasteiger partial charge in [0.25, 0.3) is 0 Å². The summed E-state index contributed by atoms with van der Waals surface area (Å²) in [6, 6.07) is 10.7. The Morgan fingerprint density at radius 3 is 2.00 bits per heavy atom. The molecule has 0 nitrogen and oxygen atoms in total. The second-order valence-corrected chi connectivity index (χ2v) is 33.8. The SMILES string of the molecule is [CH3][Pb]([CH3])([CH3])[S]c1ccccc1. The van der Waals surface area contributed by atoms with E-state index in [1.54, 1.807) is 0 Å². The third kappa shape index (κ3) is 4.16. The van der Waals surface area contributed by atoms with Gasteiger partial charge in [0.15, 0.2) is 0 Å². The molecule has 0 aliphatic carbocycles. The molecular weight excluding hydrogens is 347 g/mol. The van der Waals surface area contributed by atoms with Gasteiger partial charge in [-0.1, -0.05) is 0 Å². The molecule has 1 rings (SSSR count).